The standard InChI is InChI=1S/C5H10BN/c1-3-4-7-5-6-2/h3,5-6H,1,4H2,2H3. The van der Waals surface area contributed by atoms with E-state index in [4.69, 9.17) is 0 Å². The molecule has 0 aliphatic rings. The Morgan fingerprint density at radius 2 is 2.57 bits per heavy atom. The lowest BCUT2D eigenvalue weighted by Gasteiger charge is -1.75. The number of aliphatic imine (C=N–C) groups is 1. The highest BCUT2D eigenvalue weighted by atomic mass is 14.7. The van der Waals surface area contributed by atoms with Crippen molar-refractivity contribution >= 4 is 13.4 Å². The summed E-state index contributed by atoms with van der Waals surface area (Å²) in [6.45, 7) is 6.34. The van der Waals surface area contributed by atoms with E-state index in [0.717, 1.165) is 13.8 Å². The molecule has 0 spiro atoms. The number of hydrogen-bond donors (Lipinski definition) is 0. The highest BCUT2D eigenvalue weighted by Crippen LogP contribution is 1.64. The molecule has 0 atom stereocenters. The molecule has 0 fully saturated rings. The summed E-state index contributed by atoms with van der Waals surface area (Å²) in [4.78, 5) is 3.97. The topological polar surface area (TPSA) is 12.4 Å². The minimum absolute atomic E-state index is 0.758. The molecule has 0 bridgehead atoms. The molecule has 1 nitrogen and oxygen atoms in total. The van der Waals surface area contributed by atoms with E-state index in [2.05, 4.69) is 18.4 Å². The summed E-state index contributed by atoms with van der Waals surface area (Å²) in [7, 11) is 1.02. The van der Waals surface area contributed by atoms with Gasteiger partial charge in [0.05, 0.1) is 6.54 Å². The van der Waals surface area contributed by atoms with Crippen LogP contribution >= 0.6 is 0 Å². The van der Waals surface area contributed by atoms with Gasteiger partial charge in [-0.15, -0.1) is 6.58 Å². The summed E-state index contributed by atoms with van der Waals surface area (Å²) in [5.74, 6) is 0. The molecule has 0 aromatic rings. The van der Waals surface area contributed by atoms with E-state index < -0.39 is 0 Å². The van der Waals surface area contributed by atoms with E-state index in [-0.39, 0.29) is 0 Å². The normalized spacial score (nSPS) is 9.29. The second-order valence-electron chi connectivity index (χ2n) is 1.24. The molecule has 0 N–H and O–H groups in total. The smallest absolute Gasteiger partial charge is 0.168 e. The van der Waals surface area contributed by atoms with Crippen LogP contribution in [0.1, 0.15) is 0 Å². The maximum Gasteiger partial charge on any atom is 0.168 e. The molecule has 0 aliphatic heterocycles. The number of rotatable bonds is 3. The summed E-state index contributed by atoms with van der Waals surface area (Å²) in [6, 6.07) is 0. The lowest BCUT2D eigenvalue weighted by molar-refractivity contribution is 1.27. The molecule has 0 unspecified atom stereocenters. The van der Waals surface area contributed by atoms with Gasteiger partial charge in [0.15, 0.2) is 7.28 Å². The lowest BCUT2D eigenvalue weighted by atomic mass is 9.85. The minimum Gasteiger partial charge on any atom is -0.304 e. The first kappa shape index (κ1) is 6.47. The highest BCUT2D eigenvalue weighted by molar-refractivity contribution is 6.66. The van der Waals surface area contributed by atoms with Crippen LogP contribution in [0.3, 0.4) is 0 Å². The van der Waals surface area contributed by atoms with E-state index >= 15 is 0 Å². The van der Waals surface area contributed by atoms with E-state index in [1.165, 1.54) is 0 Å². The zero-order chi connectivity index (χ0) is 5.54. The molecule has 38 valence electrons. The second kappa shape index (κ2) is 5.47. The van der Waals surface area contributed by atoms with E-state index in [1.54, 1.807) is 6.08 Å². The van der Waals surface area contributed by atoms with Crippen LogP contribution in [-0.4, -0.2) is 19.9 Å². The van der Waals surface area contributed by atoms with Gasteiger partial charge < -0.3 is 4.99 Å². The van der Waals surface area contributed by atoms with Crippen molar-refractivity contribution in [3.63, 3.8) is 0 Å². The van der Waals surface area contributed by atoms with Gasteiger partial charge in [-0.2, -0.15) is 0 Å². The molecule has 0 aromatic heterocycles. The zero-order valence-corrected chi connectivity index (χ0v) is 4.72. The van der Waals surface area contributed by atoms with Gasteiger partial charge in [-0.25, -0.2) is 0 Å². The minimum atomic E-state index is 0.758. The van der Waals surface area contributed by atoms with Crippen LogP contribution in [0.5, 0.6) is 0 Å². The molecule has 0 saturated carbocycles. The van der Waals surface area contributed by atoms with Crippen molar-refractivity contribution < 1.29 is 0 Å². The quantitative estimate of drug-likeness (QED) is 0.277. The van der Waals surface area contributed by atoms with Crippen LogP contribution in [0, 0.1) is 0 Å². The van der Waals surface area contributed by atoms with Crippen molar-refractivity contribution in [3.05, 3.63) is 12.7 Å². The van der Waals surface area contributed by atoms with Crippen molar-refractivity contribution in [1.29, 1.82) is 0 Å². The Morgan fingerprint density at radius 3 is 3.00 bits per heavy atom. The number of nitrogens with zero attached hydrogens (tertiary/aromatic N) is 1. The van der Waals surface area contributed by atoms with Crippen LogP contribution in [-0.2, 0) is 0 Å². The lowest BCUT2D eigenvalue weighted by Crippen LogP contribution is -1.82. The fourth-order valence-electron chi connectivity index (χ4n) is 0.278. The van der Waals surface area contributed by atoms with Crippen molar-refractivity contribution in [2.45, 2.75) is 6.82 Å². The van der Waals surface area contributed by atoms with E-state index in [0.29, 0.717) is 0 Å². The molecule has 0 aromatic carbocycles. The predicted molar refractivity (Wildman–Crippen MR) is 36.6 cm³/mol. The Balaban J connectivity index is 2.92. The van der Waals surface area contributed by atoms with Crippen molar-refractivity contribution in [1.82, 2.24) is 0 Å². The Morgan fingerprint density at radius 1 is 1.86 bits per heavy atom. The zero-order valence-electron chi connectivity index (χ0n) is 4.72. The summed E-state index contributed by atoms with van der Waals surface area (Å²) in [5, 5.41) is 0. The summed E-state index contributed by atoms with van der Waals surface area (Å²) < 4.78 is 0. The molecular formula is C5H10BN. The van der Waals surface area contributed by atoms with Gasteiger partial charge in [-0.05, 0) is 6.11 Å². The highest BCUT2D eigenvalue weighted by Gasteiger charge is 1.66. The van der Waals surface area contributed by atoms with Gasteiger partial charge in [-0.3, -0.25) is 0 Å². The molecule has 0 saturated heterocycles. The van der Waals surface area contributed by atoms with Crippen molar-refractivity contribution in [2.75, 3.05) is 6.54 Å². The summed E-state index contributed by atoms with van der Waals surface area (Å²) in [6.07, 6.45) is 3.67. The van der Waals surface area contributed by atoms with Gasteiger partial charge in [0.1, 0.15) is 0 Å². The molecule has 7 heavy (non-hydrogen) atoms. The van der Waals surface area contributed by atoms with Gasteiger partial charge >= 0.3 is 0 Å². The largest absolute Gasteiger partial charge is 0.304 e. The van der Waals surface area contributed by atoms with Crippen LogP contribution < -0.4 is 0 Å². The molecule has 0 amide bonds. The Hall–Kier alpha value is -0.525. The van der Waals surface area contributed by atoms with E-state index in [9.17, 15) is 0 Å². The Kier molecular flexibility index (Phi) is 5.06. The molecule has 0 heterocycles. The maximum atomic E-state index is 3.97. The first-order valence-corrected chi connectivity index (χ1v) is 2.51. The third kappa shape index (κ3) is 5.47. The monoisotopic (exact) mass is 95.1 g/mol. The van der Waals surface area contributed by atoms with Gasteiger partial charge in [0.2, 0.25) is 0 Å². The SMILES string of the molecule is C=CCN=CBC. The Bertz CT molecular complexity index is 68.5. The molecular weight excluding hydrogens is 84.9 g/mol. The second-order valence-corrected chi connectivity index (χ2v) is 1.24. The summed E-state index contributed by atoms with van der Waals surface area (Å²) >= 11 is 0. The molecule has 2 heteroatoms. The van der Waals surface area contributed by atoms with Crippen LogP contribution in [0.25, 0.3) is 0 Å². The van der Waals surface area contributed by atoms with Gasteiger partial charge in [0, 0.05) is 0 Å². The predicted octanol–water partition coefficient (Wildman–Crippen LogP) is 0.685. The van der Waals surface area contributed by atoms with E-state index in [1.807, 2.05) is 6.11 Å². The van der Waals surface area contributed by atoms with Crippen molar-refractivity contribution in [2.24, 2.45) is 4.99 Å². The molecule has 0 radical (unpaired) electrons. The average molecular weight is 95.0 g/mol. The van der Waals surface area contributed by atoms with Crippen LogP contribution in [0.15, 0.2) is 17.6 Å². The van der Waals surface area contributed by atoms with Crippen LogP contribution in [0.2, 0.25) is 6.82 Å². The van der Waals surface area contributed by atoms with Gasteiger partial charge in [0.25, 0.3) is 0 Å². The molecule has 0 aliphatic carbocycles. The first-order valence-electron chi connectivity index (χ1n) is 2.51. The molecule has 0 rings (SSSR count). The maximum absolute atomic E-state index is 3.97. The first-order chi connectivity index (χ1) is 3.41. The average Bonchev–Trinajstić information content (AvgIpc) is 1.69. The third-order valence-electron chi connectivity index (χ3n) is 0.546. The van der Waals surface area contributed by atoms with Gasteiger partial charge in [-0.1, -0.05) is 12.9 Å². The fraction of sp³-hybridized carbons (Fsp3) is 0.400. The Labute approximate surface area is 45.4 Å². The number of hydrogen-bond acceptors (Lipinski definition) is 1. The van der Waals surface area contributed by atoms with Crippen LogP contribution in [0.4, 0.5) is 0 Å². The fourth-order valence-corrected chi connectivity index (χ4v) is 0.278. The summed E-state index contributed by atoms with van der Waals surface area (Å²) in [5.41, 5.74) is 0. The van der Waals surface area contributed by atoms with Crippen molar-refractivity contribution in [3.8, 4) is 0 Å². The third-order valence-corrected chi connectivity index (χ3v) is 0.546.